The fraction of sp³-hybridized carbons (Fsp3) is 1.00. The van der Waals surface area contributed by atoms with Gasteiger partial charge in [0.15, 0.2) is 0 Å². The van der Waals surface area contributed by atoms with Crippen LogP contribution in [0.15, 0.2) is 0 Å². The first kappa shape index (κ1) is 13.2. The summed E-state index contributed by atoms with van der Waals surface area (Å²) in [6.07, 6.45) is 1.17. The van der Waals surface area contributed by atoms with Gasteiger partial charge in [0.2, 0.25) is 0 Å². The fourth-order valence-corrected chi connectivity index (χ4v) is 1.20. The van der Waals surface area contributed by atoms with Crippen LogP contribution >= 0.6 is 11.6 Å². The standard InChI is InChI=1S/C10H22ClNO/c1-10(2,3)5-6-12-7-9(11)8-13-4/h9,12H,5-8H2,1-4H3. The normalized spacial score (nSPS) is 14.5. The van der Waals surface area contributed by atoms with Gasteiger partial charge in [-0.25, -0.2) is 0 Å². The molecule has 0 amide bonds. The van der Waals surface area contributed by atoms with Crippen molar-refractivity contribution in [2.75, 3.05) is 26.8 Å². The van der Waals surface area contributed by atoms with Crippen molar-refractivity contribution in [1.29, 1.82) is 0 Å². The monoisotopic (exact) mass is 207 g/mol. The molecule has 13 heavy (non-hydrogen) atoms. The summed E-state index contributed by atoms with van der Waals surface area (Å²) in [7, 11) is 1.67. The van der Waals surface area contributed by atoms with E-state index in [1.807, 2.05) is 0 Å². The third-order valence-electron chi connectivity index (χ3n) is 1.77. The third kappa shape index (κ3) is 10.1. The first-order chi connectivity index (χ1) is 5.95. The molecule has 0 spiro atoms. The first-order valence-electron chi connectivity index (χ1n) is 4.79. The van der Waals surface area contributed by atoms with Gasteiger partial charge in [-0.3, -0.25) is 0 Å². The molecule has 0 aromatic rings. The summed E-state index contributed by atoms with van der Waals surface area (Å²) in [6.45, 7) is 9.18. The van der Waals surface area contributed by atoms with Gasteiger partial charge in [0.25, 0.3) is 0 Å². The Morgan fingerprint density at radius 3 is 2.46 bits per heavy atom. The minimum atomic E-state index is 0.0879. The van der Waals surface area contributed by atoms with E-state index in [-0.39, 0.29) is 5.38 Å². The molecule has 3 heteroatoms. The van der Waals surface area contributed by atoms with Crippen LogP contribution in [0.5, 0.6) is 0 Å². The zero-order chi connectivity index (χ0) is 10.3. The Morgan fingerprint density at radius 2 is 2.00 bits per heavy atom. The molecule has 1 unspecified atom stereocenters. The Balaban J connectivity index is 3.25. The van der Waals surface area contributed by atoms with Crippen LogP contribution in [-0.4, -0.2) is 32.2 Å². The number of hydrogen-bond donors (Lipinski definition) is 1. The molecule has 1 atom stereocenters. The maximum absolute atomic E-state index is 5.94. The first-order valence-corrected chi connectivity index (χ1v) is 5.23. The van der Waals surface area contributed by atoms with Crippen LogP contribution in [0.3, 0.4) is 0 Å². The number of halogens is 1. The van der Waals surface area contributed by atoms with Gasteiger partial charge >= 0.3 is 0 Å². The Morgan fingerprint density at radius 1 is 1.38 bits per heavy atom. The van der Waals surface area contributed by atoms with Gasteiger partial charge in [-0.15, -0.1) is 11.6 Å². The molecule has 1 N–H and O–H groups in total. The van der Waals surface area contributed by atoms with E-state index in [4.69, 9.17) is 16.3 Å². The molecular weight excluding hydrogens is 186 g/mol. The summed E-state index contributed by atoms with van der Waals surface area (Å²) in [5.74, 6) is 0. The molecule has 0 saturated heterocycles. The molecule has 0 aliphatic carbocycles. The molecule has 0 radical (unpaired) electrons. The van der Waals surface area contributed by atoms with Gasteiger partial charge in [0.05, 0.1) is 12.0 Å². The van der Waals surface area contributed by atoms with Crippen LogP contribution in [0.4, 0.5) is 0 Å². The summed E-state index contributed by atoms with van der Waals surface area (Å²) in [5.41, 5.74) is 0.399. The van der Waals surface area contributed by atoms with Crippen LogP contribution in [0.25, 0.3) is 0 Å². The average Bonchev–Trinajstić information content (AvgIpc) is 1.97. The molecule has 0 heterocycles. The second-order valence-corrected chi connectivity index (χ2v) is 5.18. The van der Waals surface area contributed by atoms with Crippen molar-refractivity contribution in [3.8, 4) is 0 Å². The van der Waals surface area contributed by atoms with Crippen molar-refractivity contribution in [3.05, 3.63) is 0 Å². The molecule has 0 rings (SSSR count). The molecular formula is C10H22ClNO. The molecule has 0 aromatic carbocycles. The molecule has 2 nitrogen and oxygen atoms in total. The zero-order valence-electron chi connectivity index (χ0n) is 9.19. The number of methoxy groups -OCH3 is 1. The van der Waals surface area contributed by atoms with Crippen LogP contribution in [0.2, 0.25) is 0 Å². The lowest BCUT2D eigenvalue weighted by Crippen LogP contribution is -2.28. The van der Waals surface area contributed by atoms with Crippen molar-refractivity contribution < 1.29 is 4.74 Å². The summed E-state index contributed by atoms with van der Waals surface area (Å²) >= 11 is 5.94. The van der Waals surface area contributed by atoms with Gasteiger partial charge in [-0.2, -0.15) is 0 Å². The molecule has 0 bridgehead atoms. The fourth-order valence-electron chi connectivity index (χ4n) is 0.962. The SMILES string of the molecule is COCC(Cl)CNCCC(C)(C)C. The lowest BCUT2D eigenvalue weighted by Gasteiger charge is -2.18. The van der Waals surface area contributed by atoms with E-state index in [1.54, 1.807) is 7.11 Å². The molecule has 80 valence electrons. The van der Waals surface area contributed by atoms with E-state index in [9.17, 15) is 0 Å². The highest BCUT2D eigenvalue weighted by atomic mass is 35.5. The van der Waals surface area contributed by atoms with E-state index >= 15 is 0 Å². The minimum Gasteiger partial charge on any atom is -0.383 e. The Bertz CT molecular complexity index is 123. The minimum absolute atomic E-state index is 0.0879. The van der Waals surface area contributed by atoms with Crippen molar-refractivity contribution in [2.24, 2.45) is 5.41 Å². The lowest BCUT2D eigenvalue weighted by molar-refractivity contribution is 0.196. The molecule has 0 aliphatic heterocycles. The topological polar surface area (TPSA) is 21.3 Å². The smallest absolute Gasteiger partial charge is 0.0693 e. The maximum Gasteiger partial charge on any atom is 0.0693 e. The van der Waals surface area contributed by atoms with E-state index in [2.05, 4.69) is 26.1 Å². The van der Waals surface area contributed by atoms with Crippen molar-refractivity contribution >= 4 is 11.6 Å². The Kier molecular flexibility index (Phi) is 6.74. The second kappa shape index (κ2) is 6.63. The number of hydrogen-bond acceptors (Lipinski definition) is 2. The summed E-state index contributed by atoms with van der Waals surface area (Å²) < 4.78 is 4.93. The highest BCUT2D eigenvalue weighted by Gasteiger charge is 2.09. The van der Waals surface area contributed by atoms with E-state index < -0.39 is 0 Å². The lowest BCUT2D eigenvalue weighted by atomic mass is 9.92. The number of ether oxygens (including phenoxy) is 1. The van der Waals surface area contributed by atoms with Gasteiger partial charge < -0.3 is 10.1 Å². The predicted molar refractivity (Wildman–Crippen MR) is 58.5 cm³/mol. The largest absolute Gasteiger partial charge is 0.383 e. The zero-order valence-corrected chi connectivity index (χ0v) is 9.95. The van der Waals surface area contributed by atoms with Gasteiger partial charge in [0, 0.05) is 13.7 Å². The quantitative estimate of drug-likeness (QED) is 0.533. The van der Waals surface area contributed by atoms with Gasteiger partial charge in [-0.1, -0.05) is 20.8 Å². The highest BCUT2D eigenvalue weighted by molar-refractivity contribution is 6.20. The van der Waals surface area contributed by atoms with E-state index in [0.717, 1.165) is 13.1 Å². The number of alkyl halides is 1. The van der Waals surface area contributed by atoms with Crippen LogP contribution in [0.1, 0.15) is 27.2 Å². The number of rotatable bonds is 6. The van der Waals surface area contributed by atoms with Crippen molar-refractivity contribution in [2.45, 2.75) is 32.6 Å². The van der Waals surface area contributed by atoms with E-state index in [1.165, 1.54) is 6.42 Å². The van der Waals surface area contributed by atoms with Gasteiger partial charge in [-0.05, 0) is 18.4 Å². The molecule has 0 fully saturated rings. The number of nitrogens with one attached hydrogen (secondary N) is 1. The van der Waals surface area contributed by atoms with Crippen molar-refractivity contribution in [3.63, 3.8) is 0 Å². The third-order valence-corrected chi connectivity index (χ3v) is 2.05. The maximum atomic E-state index is 5.94. The summed E-state index contributed by atoms with van der Waals surface area (Å²) in [5, 5.41) is 3.40. The molecule has 0 aromatic heterocycles. The van der Waals surface area contributed by atoms with Crippen LogP contribution < -0.4 is 5.32 Å². The second-order valence-electron chi connectivity index (χ2n) is 4.57. The predicted octanol–water partition coefficient (Wildman–Crippen LogP) is 2.27. The molecule has 0 aliphatic rings. The van der Waals surface area contributed by atoms with Crippen molar-refractivity contribution in [1.82, 2.24) is 5.32 Å². The Hall–Kier alpha value is 0.210. The highest BCUT2D eigenvalue weighted by Crippen LogP contribution is 2.16. The Labute approximate surface area is 87.0 Å². The summed E-state index contributed by atoms with van der Waals surface area (Å²) in [4.78, 5) is 0. The van der Waals surface area contributed by atoms with Crippen LogP contribution in [0, 0.1) is 5.41 Å². The average molecular weight is 208 g/mol. The van der Waals surface area contributed by atoms with Gasteiger partial charge in [0.1, 0.15) is 0 Å². The molecule has 0 saturated carbocycles. The van der Waals surface area contributed by atoms with Crippen LogP contribution in [-0.2, 0) is 4.74 Å². The van der Waals surface area contributed by atoms with E-state index in [0.29, 0.717) is 12.0 Å². The summed E-state index contributed by atoms with van der Waals surface area (Å²) in [6, 6.07) is 0.